The molecule has 90 valence electrons. The van der Waals surface area contributed by atoms with Gasteiger partial charge in [0.15, 0.2) is 4.34 Å². The normalized spacial score (nSPS) is 11.0. The molecule has 1 aromatic rings. The number of aromatic nitrogens is 2. The minimum atomic E-state index is 0.509. The Kier molecular flexibility index (Phi) is 6.01. The molecule has 5 heteroatoms. The second kappa shape index (κ2) is 7.04. The molecule has 0 spiro atoms. The molecule has 0 fully saturated rings. The molecule has 0 amide bonds. The first-order chi connectivity index (χ1) is 7.61. The van der Waals surface area contributed by atoms with Gasteiger partial charge in [-0.05, 0) is 11.5 Å². The van der Waals surface area contributed by atoms with Gasteiger partial charge < -0.3 is 5.32 Å². The topological polar surface area (TPSA) is 37.8 Å². The van der Waals surface area contributed by atoms with E-state index in [0.717, 1.165) is 28.9 Å². The van der Waals surface area contributed by atoms with Crippen LogP contribution in [-0.2, 0) is 6.42 Å². The molecule has 1 aromatic heterocycles. The van der Waals surface area contributed by atoms with E-state index in [2.05, 4.69) is 42.0 Å². The fourth-order valence-corrected chi connectivity index (χ4v) is 2.60. The molecular weight excluding hydrogens is 238 g/mol. The van der Waals surface area contributed by atoms with Crippen LogP contribution in [0, 0.1) is 0 Å². The summed E-state index contributed by atoms with van der Waals surface area (Å²) in [4.78, 5) is 4.40. The van der Waals surface area contributed by atoms with E-state index in [1.165, 1.54) is 17.1 Å². The lowest BCUT2D eigenvalue weighted by atomic mass is 10.3. The third-order valence-electron chi connectivity index (χ3n) is 1.93. The van der Waals surface area contributed by atoms with Gasteiger partial charge in [-0.2, -0.15) is 4.37 Å². The summed E-state index contributed by atoms with van der Waals surface area (Å²) in [5.41, 5.74) is 1.20. The third kappa shape index (κ3) is 5.09. The van der Waals surface area contributed by atoms with Crippen molar-refractivity contribution in [3.63, 3.8) is 0 Å². The Morgan fingerprint density at radius 3 is 2.88 bits per heavy atom. The van der Waals surface area contributed by atoms with E-state index in [1.807, 2.05) is 0 Å². The molecule has 0 aromatic carbocycles. The monoisotopic (exact) mass is 257 g/mol. The summed E-state index contributed by atoms with van der Waals surface area (Å²) in [6.45, 7) is 11.3. The van der Waals surface area contributed by atoms with Gasteiger partial charge in [-0.3, -0.25) is 0 Å². The highest BCUT2D eigenvalue weighted by molar-refractivity contribution is 8.01. The number of rotatable bonds is 7. The van der Waals surface area contributed by atoms with Crippen molar-refractivity contribution in [2.24, 2.45) is 0 Å². The lowest BCUT2D eigenvalue weighted by Gasteiger charge is -2.09. The van der Waals surface area contributed by atoms with Gasteiger partial charge in [0.05, 0.1) is 0 Å². The summed E-state index contributed by atoms with van der Waals surface area (Å²) in [5, 5.41) is 3.35. The summed E-state index contributed by atoms with van der Waals surface area (Å²) in [5.74, 6) is 1.86. The van der Waals surface area contributed by atoms with Crippen molar-refractivity contribution < 1.29 is 0 Å². The standard InChI is InChI=1S/C11H19N3S2/c1-5-10-13-11(16-14-10)15-7-9(4)6-12-8(2)3/h8,12H,4-7H2,1-3H3. The summed E-state index contributed by atoms with van der Waals surface area (Å²) in [6, 6.07) is 0.509. The van der Waals surface area contributed by atoms with Crippen LogP contribution >= 0.6 is 23.3 Å². The van der Waals surface area contributed by atoms with Crippen molar-refractivity contribution in [1.29, 1.82) is 0 Å². The maximum absolute atomic E-state index is 4.40. The molecule has 16 heavy (non-hydrogen) atoms. The van der Waals surface area contributed by atoms with Gasteiger partial charge in [-0.1, -0.05) is 44.7 Å². The number of hydrogen-bond acceptors (Lipinski definition) is 5. The van der Waals surface area contributed by atoms with Gasteiger partial charge in [0.2, 0.25) is 0 Å². The Hall–Kier alpha value is -0.390. The van der Waals surface area contributed by atoms with Crippen LogP contribution < -0.4 is 5.32 Å². The molecule has 3 nitrogen and oxygen atoms in total. The number of thioether (sulfide) groups is 1. The lowest BCUT2D eigenvalue weighted by molar-refractivity contribution is 0.623. The Morgan fingerprint density at radius 2 is 2.31 bits per heavy atom. The SMILES string of the molecule is C=C(CNC(C)C)CSc1nc(CC)ns1. The molecule has 0 saturated heterocycles. The van der Waals surface area contributed by atoms with E-state index < -0.39 is 0 Å². The zero-order valence-electron chi connectivity index (χ0n) is 10.1. The molecule has 0 unspecified atom stereocenters. The molecule has 0 saturated carbocycles. The maximum Gasteiger partial charge on any atom is 0.170 e. The van der Waals surface area contributed by atoms with Crippen molar-refractivity contribution in [2.75, 3.05) is 12.3 Å². The van der Waals surface area contributed by atoms with E-state index in [9.17, 15) is 0 Å². The molecule has 0 aliphatic carbocycles. The van der Waals surface area contributed by atoms with E-state index >= 15 is 0 Å². The Balaban J connectivity index is 2.26. The van der Waals surface area contributed by atoms with E-state index in [0.29, 0.717) is 6.04 Å². The Morgan fingerprint density at radius 1 is 1.56 bits per heavy atom. The van der Waals surface area contributed by atoms with Gasteiger partial charge in [-0.15, -0.1) is 0 Å². The molecule has 0 aliphatic rings. The van der Waals surface area contributed by atoms with Gasteiger partial charge in [0.1, 0.15) is 5.82 Å². The largest absolute Gasteiger partial charge is 0.311 e. The molecule has 0 bridgehead atoms. The third-order valence-corrected chi connectivity index (χ3v) is 3.94. The van der Waals surface area contributed by atoms with Crippen LogP contribution in [0.4, 0.5) is 0 Å². The molecule has 0 aliphatic heterocycles. The van der Waals surface area contributed by atoms with Crippen molar-refractivity contribution in [2.45, 2.75) is 37.6 Å². The lowest BCUT2D eigenvalue weighted by Crippen LogP contribution is -2.25. The minimum absolute atomic E-state index is 0.509. The highest BCUT2D eigenvalue weighted by atomic mass is 32.2. The summed E-state index contributed by atoms with van der Waals surface area (Å²) >= 11 is 3.20. The summed E-state index contributed by atoms with van der Waals surface area (Å²) < 4.78 is 5.30. The predicted octanol–water partition coefficient (Wildman–Crippen LogP) is 2.75. The van der Waals surface area contributed by atoms with E-state index in [4.69, 9.17) is 0 Å². The van der Waals surface area contributed by atoms with Crippen molar-refractivity contribution >= 4 is 23.3 Å². The first-order valence-electron chi connectivity index (χ1n) is 5.47. The predicted molar refractivity (Wildman–Crippen MR) is 72.3 cm³/mol. The van der Waals surface area contributed by atoms with Crippen LogP contribution in [0.25, 0.3) is 0 Å². The molecule has 0 atom stereocenters. The zero-order chi connectivity index (χ0) is 12.0. The summed E-state index contributed by atoms with van der Waals surface area (Å²) in [6.07, 6.45) is 0.910. The Labute approximate surface area is 106 Å². The van der Waals surface area contributed by atoms with Gasteiger partial charge >= 0.3 is 0 Å². The molecule has 0 radical (unpaired) electrons. The van der Waals surface area contributed by atoms with Crippen LogP contribution in [-0.4, -0.2) is 27.7 Å². The first-order valence-corrected chi connectivity index (χ1v) is 7.23. The quantitative estimate of drug-likeness (QED) is 0.602. The fraction of sp³-hybridized carbons (Fsp3) is 0.636. The molecular formula is C11H19N3S2. The van der Waals surface area contributed by atoms with E-state index in [-0.39, 0.29) is 0 Å². The minimum Gasteiger partial charge on any atom is -0.311 e. The molecule has 1 N–H and O–H groups in total. The average molecular weight is 257 g/mol. The van der Waals surface area contributed by atoms with Crippen molar-refractivity contribution in [1.82, 2.24) is 14.7 Å². The highest BCUT2D eigenvalue weighted by Crippen LogP contribution is 2.21. The smallest absolute Gasteiger partial charge is 0.170 e. The van der Waals surface area contributed by atoms with Gasteiger partial charge in [0, 0.05) is 24.8 Å². The van der Waals surface area contributed by atoms with Gasteiger partial charge in [0.25, 0.3) is 0 Å². The highest BCUT2D eigenvalue weighted by Gasteiger charge is 2.04. The second-order valence-corrected chi connectivity index (χ2v) is 5.88. The van der Waals surface area contributed by atoms with Crippen LogP contribution in [0.15, 0.2) is 16.5 Å². The first kappa shape index (κ1) is 13.7. The van der Waals surface area contributed by atoms with Gasteiger partial charge in [-0.25, -0.2) is 4.98 Å². The number of hydrogen-bond donors (Lipinski definition) is 1. The van der Waals surface area contributed by atoms with Crippen LogP contribution in [0.5, 0.6) is 0 Å². The van der Waals surface area contributed by atoms with Crippen LogP contribution in [0.1, 0.15) is 26.6 Å². The summed E-state index contributed by atoms with van der Waals surface area (Å²) in [7, 11) is 0. The zero-order valence-corrected chi connectivity index (χ0v) is 11.7. The fourth-order valence-electron chi connectivity index (χ4n) is 1.00. The second-order valence-electron chi connectivity index (χ2n) is 3.90. The van der Waals surface area contributed by atoms with E-state index in [1.54, 1.807) is 11.8 Å². The maximum atomic E-state index is 4.40. The average Bonchev–Trinajstić information content (AvgIpc) is 2.71. The molecule has 1 rings (SSSR count). The number of nitrogens with one attached hydrogen (secondary N) is 1. The van der Waals surface area contributed by atoms with Crippen LogP contribution in [0.2, 0.25) is 0 Å². The van der Waals surface area contributed by atoms with Crippen molar-refractivity contribution in [3.05, 3.63) is 18.0 Å². The Bertz CT molecular complexity index is 334. The van der Waals surface area contributed by atoms with Crippen molar-refractivity contribution in [3.8, 4) is 0 Å². The van der Waals surface area contributed by atoms with Crippen LogP contribution in [0.3, 0.4) is 0 Å². The number of nitrogens with zero attached hydrogens (tertiary/aromatic N) is 2. The molecule has 1 heterocycles. The number of aryl methyl sites for hydroxylation is 1.